The van der Waals surface area contributed by atoms with Gasteiger partial charge in [-0.05, 0) is 0 Å². The summed E-state index contributed by atoms with van der Waals surface area (Å²) in [4.78, 5) is 22.0. The number of esters is 2. The lowest BCUT2D eigenvalue weighted by Gasteiger charge is -2.15. The van der Waals surface area contributed by atoms with Gasteiger partial charge in [-0.1, -0.05) is 59.6 Å². The highest BCUT2D eigenvalue weighted by atomic mass is 35.5. The van der Waals surface area contributed by atoms with Gasteiger partial charge in [-0.15, -0.1) is 23.5 Å². The van der Waals surface area contributed by atoms with Crippen LogP contribution >= 0.6 is 69.9 Å². The number of rotatable bonds is 12. The molecule has 28 heavy (non-hydrogen) atoms. The second-order valence-corrected chi connectivity index (χ2v) is 8.27. The van der Waals surface area contributed by atoms with Crippen LogP contribution in [-0.2, 0) is 19.1 Å². The number of carbonyl (C=O) groups excluding carboxylic acids is 2. The molecule has 0 heterocycles. The van der Waals surface area contributed by atoms with Crippen LogP contribution in [0.15, 0.2) is 25.3 Å². The third-order valence-electron chi connectivity index (χ3n) is 2.96. The lowest BCUT2D eigenvalue weighted by Crippen LogP contribution is -2.04. The maximum absolute atomic E-state index is 11.0. The van der Waals surface area contributed by atoms with Crippen LogP contribution in [0.5, 0.6) is 0 Å². The van der Waals surface area contributed by atoms with Gasteiger partial charge >= 0.3 is 11.9 Å². The van der Waals surface area contributed by atoms with Gasteiger partial charge in [0.05, 0.1) is 20.1 Å². The van der Waals surface area contributed by atoms with E-state index in [1.165, 1.54) is 23.5 Å². The van der Waals surface area contributed by atoms with Gasteiger partial charge in [0.15, 0.2) is 0 Å². The molecule has 0 fully saturated rings. The van der Waals surface area contributed by atoms with E-state index in [1.54, 1.807) is 11.5 Å². The first-order chi connectivity index (χ1) is 13.3. The molecule has 0 atom stereocenters. The molecule has 0 spiro atoms. The number of hydrogen-bond donors (Lipinski definition) is 0. The number of ether oxygens (including phenoxy) is 2. The number of carbonyl (C=O) groups is 2. The van der Waals surface area contributed by atoms with Gasteiger partial charge in [-0.2, -0.15) is 0 Å². The Labute approximate surface area is 192 Å². The summed E-state index contributed by atoms with van der Waals surface area (Å²) in [6.45, 7) is 7.05. The molecule has 1 aromatic carbocycles. The molecule has 2 radical (unpaired) electrons. The van der Waals surface area contributed by atoms with E-state index in [0.29, 0.717) is 22.6 Å². The summed E-state index contributed by atoms with van der Waals surface area (Å²) in [5.41, 5.74) is 0.973. The largest absolute Gasteiger partial charge is 0.462 e. The summed E-state index contributed by atoms with van der Waals surface area (Å²) in [5.74, 6) is 3.42. The predicted molar refractivity (Wildman–Crippen MR) is 121 cm³/mol. The molecule has 0 aliphatic rings. The zero-order valence-corrected chi connectivity index (χ0v) is 19.2. The summed E-state index contributed by atoms with van der Waals surface area (Å²) < 4.78 is 9.76. The smallest absolute Gasteiger partial charge is 0.330 e. The Morgan fingerprint density at radius 3 is 1.36 bits per heavy atom. The first-order valence-corrected chi connectivity index (χ1v) is 11.3. The van der Waals surface area contributed by atoms with Gasteiger partial charge in [0, 0.05) is 46.3 Å². The molecule has 0 aromatic heterocycles. The Hall–Kier alpha value is -0.500. The highest BCUT2D eigenvalue weighted by molar-refractivity contribution is 8.01. The summed E-state index contributed by atoms with van der Waals surface area (Å²) in [6.07, 6.45) is 2.19. The standard InChI is InChI=1S/C18H16Cl4O4S2/c1-3-13(23)25-5-7-27-9-11-15(19)17(21)12(18(22)16(11)20)10-28-8-6-26-14(24)4-2/h3-4,9-10H,1-2,5-8H2. The second-order valence-electron chi connectivity index (χ2n) is 4.80. The summed E-state index contributed by atoms with van der Waals surface area (Å²) >= 11 is 28.0. The van der Waals surface area contributed by atoms with E-state index in [9.17, 15) is 9.59 Å². The van der Waals surface area contributed by atoms with Crippen LogP contribution in [0, 0.1) is 11.5 Å². The molecule has 0 N–H and O–H groups in total. The number of halogens is 4. The summed E-state index contributed by atoms with van der Waals surface area (Å²) in [7, 11) is 0. The van der Waals surface area contributed by atoms with Crippen molar-refractivity contribution in [3.8, 4) is 0 Å². The SMILES string of the molecule is C=CC(=O)OCCS[CH]c1c(Cl)c(Cl)c([CH]SCCOC(=O)C=C)c(Cl)c1Cl. The van der Waals surface area contributed by atoms with E-state index in [2.05, 4.69) is 13.2 Å². The van der Waals surface area contributed by atoms with E-state index in [0.717, 1.165) is 12.2 Å². The lowest BCUT2D eigenvalue weighted by atomic mass is 10.1. The van der Waals surface area contributed by atoms with Gasteiger partial charge in [-0.3, -0.25) is 0 Å². The van der Waals surface area contributed by atoms with Crippen molar-refractivity contribution < 1.29 is 19.1 Å². The monoisotopic (exact) mass is 500 g/mol. The molecule has 4 nitrogen and oxygen atoms in total. The highest BCUT2D eigenvalue weighted by Gasteiger charge is 2.20. The fraction of sp³-hybridized carbons (Fsp3) is 0.222. The Kier molecular flexibility index (Phi) is 12.5. The van der Waals surface area contributed by atoms with Crippen LogP contribution < -0.4 is 0 Å². The van der Waals surface area contributed by atoms with Crippen molar-refractivity contribution in [1.82, 2.24) is 0 Å². The quantitative estimate of drug-likeness (QED) is 0.146. The summed E-state index contributed by atoms with van der Waals surface area (Å²) in [6, 6.07) is 0. The van der Waals surface area contributed by atoms with E-state index in [-0.39, 0.29) is 33.3 Å². The fourth-order valence-corrected chi connectivity index (χ4v) is 4.41. The second kappa shape index (κ2) is 13.7. The fourth-order valence-electron chi connectivity index (χ4n) is 1.66. The third kappa shape index (κ3) is 8.09. The molecule has 1 rings (SSSR count). The van der Waals surface area contributed by atoms with E-state index < -0.39 is 11.9 Å². The minimum Gasteiger partial charge on any atom is -0.462 e. The molecule has 0 unspecified atom stereocenters. The lowest BCUT2D eigenvalue weighted by molar-refractivity contribution is -0.138. The average molecular weight is 502 g/mol. The summed E-state index contributed by atoms with van der Waals surface area (Å²) in [5, 5.41) is 1.04. The van der Waals surface area contributed by atoms with Crippen LogP contribution in [0.2, 0.25) is 20.1 Å². The molecule has 0 saturated carbocycles. The van der Waals surface area contributed by atoms with Gasteiger partial charge in [0.2, 0.25) is 0 Å². The Bertz CT molecular complexity index is 651. The minimum absolute atomic E-state index is 0.210. The first kappa shape index (κ1) is 25.5. The third-order valence-corrected chi connectivity index (χ3v) is 6.33. The van der Waals surface area contributed by atoms with Crippen molar-refractivity contribution >= 4 is 81.9 Å². The zero-order chi connectivity index (χ0) is 21.1. The molecule has 0 aliphatic carbocycles. The van der Waals surface area contributed by atoms with Crippen LogP contribution in [0.25, 0.3) is 0 Å². The Morgan fingerprint density at radius 2 is 1.07 bits per heavy atom. The molecule has 1 aromatic rings. The van der Waals surface area contributed by atoms with Crippen molar-refractivity contribution in [2.45, 2.75) is 0 Å². The molecule has 152 valence electrons. The zero-order valence-electron chi connectivity index (χ0n) is 14.5. The Balaban J connectivity index is 2.65. The minimum atomic E-state index is -0.487. The molecule has 0 aliphatic heterocycles. The maximum Gasteiger partial charge on any atom is 0.330 e. The van der Waals surface area contributed by atoms with Crippen molar-refractivity contribution in [2.24, 2.45) is 0 Å². The number of benzene rings is 1. The molecule has 0 bridgehead atoms. The first-order valence-electron chi connectivity index (χ1n) is 7.67. The maximum atomic E-state index is 11.0. The molecule has 0 saturated heterocycles. The van der Waals surface area contributed by atoms with E-state index >= 15 is 0 Å². The molecule has 10 heteroatoms. The van der Waals surface area contributed by atoms with Gasteiger partial charge < -0.3 is 9.47 Å². The van der Waals surface area contributed by atoms with Gasteiger partial charge in [0.1, 0.15) is 13.2 Å². The number of thioether (sulfide) groups is 2. The van der Waals surface area contributed by atoms with Crippen molar-refractivity contribution in [2.75, 3.05) is 24.7 Å². The molecule has 0 amide bonds. The van der Waals surface area contributed by atoms with Crippen LogP contribution in [0.3, 0.4) is 0 Å². The van der Waals surface area contributed by atoms with Gasteiger partial charge in [-0.25, -0.2) is 9.59 Å². The van der Waals surface area contributed by atoms with Crippen LogP contribution in [0.4, 0.5) is 0 Å². The molecular weight excluding hydrogens is 486 g/mol. The van der Waals surface area contributed by atoms with Gasteiger partial charge in [0.25, 0.3) is 0 Å². The topological polar surface area (TPSA) is 52.6 Å². The predicted octanol–water partition coefficient (Wildman–Crippen LogP) is 6.24. The van der Waals surface area contributed by atoms with E-state index in [1.807, 2.05) is 0 Å². The Morgan fingerprint density at radius 1 is 0.750 bits per heavy atom. The van der Waals surface area contributed by atoms with Crippen molar-refractivity contribution in [3.63, 3.8) is 0 Å². The van der Waals surface area contributed by atoms with Crippen molar-refractivity contribution in [3.05, 3.63) is 68.0 Å². The molecular formula is C18H16Cl4O4S2. The normalized spacial score (nSPS) is 10.4. The van der Waals surface area contributed by atoms with E-state index in [4.69, 9.17) is 55.9 Å². The average Bonchev–Trinajstić information content (AvgIpc) is 2.69. The van der Waals surface area contributed by atoms with Crippen molar-refractivity contribution in [1.29, 1.82) is 0 Å². The van der Waals surface area contributed by atoms with Crippen LogP contribution in [-0.4, -0.2) is 36.7 Å². The number of hydrogen-bond acceptors (Lipinski definition) is 6. The van der Waals surface area contributed by atoms with Crippen LogP contribution in [0.1, 0.15) is 11.1 Å². The highest BCUT2D eigenvalue weighted by Crippen LogP contribution is 2.44.